The molecule has 0 bridgehead atoms. The van der Waals surface area contributed by atoms with Gasteiger partial charge in [0, 0.05) is 12.1 Å². The second kappa shape index (κ2) is 8.34. The minimum absolute atomic E-state index is 0.0459. The second-order valence-corrected chi connectivity index (χ2v) is 5.15. The summed E-state index contributed by atoms with van der Waals surface area (Å²) in [6.45, 7) is 1.76. The van der Waals surface area contributed by atoms with Crippen LogP contribution in [0, 0.1) is 10.1 Å². The molecule has 0 fully saturated rings. The molecule has 1 atom stereocenters. The number of non-ortho nitro benzene ring substituents is 1. The molecule has 8 heteroatoms. The standard InChI is InChI=1S/C17H16N4O4/c1-12(14-5-3-2-4-6-14)19-16(22)17(23)20-18-11-13-7-9-15(10-8-13)21(24)25/h2-12H,1H3,(H,19,22)(H,20,23)/b18-11-/t12-/m0/s1. The van der Waals surface area contributed by atoms with Crippen LogP contribution in [-0.4, -0.2) is 23.0 Å². The van der Waals surface area contributed by atoms with E-state index >= 15 is 0 Å². The van der Waals surface area contributed by atoms with Crippen LogP contribution in [0.2, 0.25) is 0 Å². The summed E-state index contributed by atoms with van der Waals surface area (Å²) in [6, 6.07) is 14.5. The van der Waals surface area contributed by atoms with Crippen LogP contribution in [-0.2, 0) is 9.59 Å². The number of carbonyl (C=O) groups excluding carboxylic acids is 2. The molecular formula is C17H16N4O4. The maximum atomic E-state index is 11.8. The van der Waals surface area contributed by atoms with Gasteiger partial charge in [-0.3, -0.25) is 19.7 Å². The molecule has 128 valence electrons. The SMILES string of the molecule is C[C@H](NC(=O)C(=O)N/N=C\c1ccc([N+](=O)[O-])cc1)c1ccccc1. The van der Waals surface area contributed by atoms with Crippen molar-refractivity contribution in [2.45, 2.75) is 13.0 Å². The molecule has 0 saturated carbocycles. The van der Waals surface area contributed by atoms with Crippen molar-refractivity contribution in [1.82, 2.24) is 10.7 Å². The number of rotatable bonds is 5. The fourth-order valence-electron chi connectivity index (χ4n) is 1.99. The Bertz CT molecular complexity index is 788. The second-order valence-electron chi connectivity index (χ2n) is 5.15. The van der Waals surface area contributed by atoms with Gasteiger partial charge in [0.05, 0.1) is 17.2 Å². The van der Waals surface area contributed by atoms with Gasteiger partial charge < -0.3 is 5.32 Å². The van der Waals surface area contributed by atoms with Crippen LogP contribution in [0.4, 0.5) is 5.69 Å². The van der Waals surface area contributed by atoms with E-state index in [1.54, 1.807) is 6.92 Å². The average molecular weight is 340 g/mol. The summed E-state index contributed by atoms with van der Waals surface area (Å²) in [7, 11) is 0. The van der Waals surface area contributed by atoms with E-state index in [0.29, 0.717) is 5.56 Å². The fraction of sp³-hybridized carbons (Fsp3) is 0.118. The molecular weight excluding hydrogens is 324 g/mol. The molecule has 0 spiro atoms. The molecule has 0 aliphatic rings. The van der Waals surface area contributed by atoms with Gasteiger partial charge >= 0.3 is 11.8 Å². The largest absolute Gasteiger partial charge is 0.341 e. The highest BCUT2D eigenvalue weighted by Crippen LogP contribution is 2.11. The third-order valence-electron chi connectivity index (χ3n) is 3.34. The molecule has 2 aromatic carbocycles. The van der Waals surface area contributed by atoms with E-state index < -0.39 is 16.7 Å². The lowest BCUT2D eigenvalue weighted by Crippen LogP contribution is -2.39. The Morgan fingerprint density at radius 3 is 2.32 bits per heavy atom. The van der Waals surface area contributed by atoms with Gasteiger partial charge in [-0.05, 0) is 30.2 Å². The summed E-state index contributed by atoms with van der Waals surface area (Å²) in [5.41, 5.74) is 3.48. The van der Waals surface area contributed by atoms with Crippen molar-refractivity contribution in [3.63, 3.8) is 0 Å². The van der Waals surface area contributed by atoms with Gasteiger partial charge in [-0.1, -0.05) is 30.3 Å². The molecule has 0 unspecified atom stereocenters. The minimum Gasteiger partial charge on any atom is -0.341 e. The number of nitrogens with one attached hydrogen (secondary N) is 2. The third-order valence-corrected chi connectivity index (χ3v) is 3.34. The molecule has 0 saturated heterocycles. The number of hydrazone groups is 1. The smallest absolute Gasteiger partial charge is 0.329 e. The van der Waals surface area contributed by atoms with Crippen LogP contribution in [0.1, 0.15) is 24.1 Å². The first-order chi connectivity index (χ1) is 12.0. The summed E-state index contributed by atoms with van der Waals surface area (Å²) in [6.07, 6.45) is 1.29. The minimum atomic E-state index is -0.902. The van der Waals surface area contributed by atoms with Crippen LogP contribution in [0.25, 0.3) is 0 Å². The summed E-state index contributed by atoms with van der Waals surface area (Å²) >= 11 is 0. The fourth-order valence-corrected chi connectivity index (χ4v) is 1.99. The monoisotopic (exact) mass is 340 g/mol. The summed E-state index contributed by atoms with van der Waals surface area (Å²) in [4.78, 5) is 33.6. The normalized spacial score (nSPS) is 11.7. The maximum absolute atomic E-state index is 11.8. The van der Waals surface area contributed by atoms with E-state index in [-0.39, 0.29) is 11.7 Å². The van der Waals surface area contributed by atoms with E-state index in [4.69, 9.17) is 0 Å². The van der Waals surface area contributed by atoms with Crippen LogP contribution >= 0.6 is 0 Å². The Balaban J connectivity index is 1.86. The molecule has 8 nitrogen and oxygen atoms in total. The molecule has 25 heavy (non-hydrogen) atoms. The van der Waals surface area contributed by atoms with Gasteiger partial charge in [-0.25, -0.2) is 5.43 Å². The summed E-state index contributed by atoms with van der Waals surface area (Å²) in [5, 5.41) is 16.8. The first-order valence-electron chi connectivity index (χ1n) is 7.40. The topological polar surface area (TPSA) is 114 Å². The van der Waals surface area contributed by atoms with Crippen LogP contribution < -0.4 is 10.7 Å². The highest BCUT2D eigenvalue weighted by molar-refractivity contribution is 6.35. The summed E-state index contributed by atoms with van der Waals surface area (Å²) in [5.74, 6) is -1.71. The highest BCUT2D eigenvalue weighted by Gasteiger charge is 2.16. The zero-order chi connectivity index (χ0) is 18.2. The molecule has 0 aliphatic carbocycles. The Kier molecular flexibility index (Phi) is 5.94. The summed E-state index contributed by atoms with van der Waals surface area (Å²) < 4.78 is 0. The maximum Gasteiger partial charge on any atom is 0.329 e. The Morgan fingerprint density at radius 2 is 1.72 bits per heavy atom. The number of nitro benzene ring substituents is 1. The van der Waals surface area contributed by atoms with Crippen molar-refractivity contribution in [1.29, 1.82) is 0 Å². The van der Waals surface area contributed by atoms with E-state index in [1.807, 2.05) is 30.3 Å². The van der Waals surface area contributed by atoms with Crippen LogP contribution in [0.5, 0.6) is 0 Å². The molecule has 2 N–H and O–H groups in total. The van der Waals surface area contributed by atoms with E-state index in [0.717, 1.165) is 5.56 Å². The van der Waals surface area contributed by atoms with E-state index in [2.05, 4.69) is 15.8 Å². The van der Waals surface area contributed by atoms with Crippen molar-refractivity contribution in [2.24, 2.45) is 5.10 Å². The molecule has 2 rings (SSSR count). The molecule has 2 aromatic rings. The Morgan fingerprint density at radius 1 is 1.08 bits per heavy atom. The van der Waals surface area contributed by atoms with Crippen molar-refractivity contribution >= 4 is 23.7 Å². The number of hydrogen-bond donors (Lipinski definition) is 2. The Hall–Kier alpha value is -3.55. The number of amides is 2. The quantitative estimate of drug-likeness (QED) is 0.374. The van der Waals surface area contributed by atoms with E-state index in [9.17, 15) is 19.7 Å². The lowest BCUT2D eigenvalue weighted by Gasteiger charge is -2.13. The van der Waals surface area contributed by atoms with Crippen molar-refractivity contribution < 1.29 is 14.5 Å². The third kappa shape index (κ3) is 5.24. The average Bonchev–Trinajstić information content (AvgIpc) is 2.62. The van der Waals surface area contributed by atoms with Crippen LogP contribution in [0.15, 0.2) is 59.7 Å². The van der Waals surface area contributed by atoms with Gasteiger partial charge in [-0.2, -0.15) is 5.10 Å². The first kappa shape index (κ1) is 17.8. The predicted octanol–water partition coefficient (Wildman–Crippen LogP) is 1.92. The number of benzene rings is 2. The predicted molar refractivity (Wildman–Crippen MR) is 91.8 cm³/mol. The van der Waals surface area contributed by atoms with Gasteiger partial charge in [0.2, 0.25) is 0 Å². The van der Waals surface area contributed by atoms with Crippen molar-refractivity contribution in [3.05, 3.63) is 75.8 Å². The Labute approximate surface area is 143 Å². The van der Waals surface area contributed by atoms with Gasteiger partial charge in [0.15, 0.2) is 0 Å². The van der Waals surface area contributed by atoms with Crippen molar-refractivity contribution in [2.75, 3.05) is 0 Å². The number of carbonyl (C=O) groups is 2. The molecule has 0 heterocycles. The van der Waals surface area contributed by atoms with E-state index in [1.165, 1.54) is 30.5 Å². The van der Waals surface area contributed by atoms with Crippen molar-refractivity contribution in [3.8, 4) is 0 Å². The lowest BCUT2D eigenvalue weighted by atomic mass is 10.1. The zero-order valence-electron chi connectivity index (χ0n) is 13.4. The van der Waals surface area contributed by atoms with Gasteiger partial charge in [0.25, 0.3) is 5.69 Å². The highest BCUT2D eigenvalue weighted by atomic mass is 16.6. The molecule has 0 radical (unpaired) electrons. The number of nitrogens with zero attached hydrogens (tertiary/aromatic N) is 2. The zero-order valence-corrected chi connectivity index (χ0v) is 13.4. The van der Waals surface area contributed by atoms with Crippen LogP contribution in [0.3, 0.4) is 0 Å². The van der Waals surface area contributed by atoms with Gasteiger partial charge in [-0.15, -0.1) is 0 Å². The van der Waals surface area contributed by atoms with Gasteiger partial charge in [0.1, 0.15) is 0 Å². The number of nitro groups is 1. The molecule has 0 aromatic heterocycles. The first-order valence-corrected chi connectivity index (χ1v) is 7.40. The lowest BCUT2D eigenvalue weighted by molar-refractivity contribution is -0.384. The molecule has 0 aliphatic heterocycles. The molecule has 2 amide bonds. The number of hydrogen-bond acceptors (Lipinski definition) is 5.